The van der Waals surface area contributed by atoms with Crippen LogP contribution in [0.25, 0.3) is 21.5 Å². The molecule has 2 aromatic heterocycles. The fraction of sp³-hybridized carbons (Fsp3) is 0.172. The Hall–Kier alpha value is -2.45. The molecule has 0 radical (unpaired) electrons. The van der Waals surface area contributed by atoms with E-state index in [2.05, 4.69) is 9.97 Å². The maximum atomic E-state index is 13.1. The van der Waals surface area contributed by atoms with Crippen molar-refractivity contribution in [1.82, 2.24) is 14.3 Å². The average Bonchev–Trinajstić information content (AvgIpc) is 2.92. The lowest BCUT2D eigenvalue weighted by atomic mass is 10.1. The monoisotopic (exact) mass is 619 g/mol. The molecule has 10 heteroatoms. The van der Waals surface area contributed by atoms with Gasteiger partial charge in [-0.05, 0) is 43.2 Å². The lowest BCUT2D eigenvalue weighted by molar-refractivity contribution is 0.423. The molecular weight excluding hydrogens is 596 g/mol. The van der Waals surface area contributed by atoms with Gasteiger partial charge in [0.2, 0.25) is 10.0 Å². The van der Waals surface area contributed by atoms with E-state index in [4.69, 9.17) is 46.4 Å². The van der Waals surface area contributed by atoms with E-state index in [0.29, 0.717) is 39.1 Å². The SMILES string of the molecule is CCN(Cc1ccccc1C)S(=O)(=O)c1ccc2c(Cl)cnc(Cl)c2c1.Cc1ccc2c(Cl)cnc(Cl)c2c1. The summed E-state index contributed by atoms with van der Waals surface area (Å²) < 4.78 is 27.7. The van der Waals surface area contributed by atoms with E-state index in [1.165, 1.54) is 16.6 Å². The van der Waals surface area contributed by atoms with E-state index in [9.17, 15) is 8.42 Å². The smallest absolute Gasteiger partial charge is 0.242 e. The third kappa shape index (κ3) is 6.49. The minimum atomic E-state index is -3.68. The molecule has 0 bridgehead atoms. The summed E-state index contributed by atoms with van der Waals surface area (Å²) >= 11 is 24.2. The molecule has 5 rings (SSSR count). The van der Waals surface area contributed by atoms with Crippen LogP contribution in [0.5, 0.6) is 0 Å². The quantitative estimate of drug-likeness (QED) is 0.184. The summed E-state index contributed by atoms with van der Waals surface area (Å²) in [6.07, 6.45) is 3.03. The molecule has 0 unspecified atom stereocenters. The second kappa shape index (κ2) is 12.4. The topological polar surface area (TPSA) is 63.2 Å². The molecule has 0 aliphatic heterocycles. The van der Waals surface area contributed by atoms with Crippen molar-refractivity contribution in [1.29, 1.82) is 0 Å². The number of halogens is 4. The first-order valence-corrected chi connectivity index (χ1v) is 15.0. The minimum Gasteiger partial charge on any atom is -0.242 e. The van der Waals surface area contributed by atoms with Crippen LogP contribution in [0, 0.1) is 13.8 Å². The Morgan fingerprint density at radius 1 is 0.744 bits per heavy atom. The van der Waals surface area contributed by atoms with E-state index >= 15 is 0 Å². The van der Waals surface area contributed by atoms with Crippen molar-refractivity contribution in [2.24, 2.45) is 0 Å². The molecule has 5 nitrogen and oxygen atoms in total. The molecule has 0 amide bonds. The van der Waals surface area contributed by atoms with E-state index in [1.807, 2.05) is 63.2 Å². The molecule has 0 saturated heterocycles. The van der Waals surface area contributed by atoms with Gasteiger partial charge in [-0.3, -0.25) is 0 Å². The molecule has 0 fully saturated rings. The van der Waals surface area contributed by atoms with Crippen LogP contribution < -0.4 is 0 Å². The van der Waals surface area contributed by atoms with Gasteiger partial charge >= 0.3 is 0 Å². The molecule has 202 valence electrons. The first kappa shape index (κ1) is 29.5. The van der Waals surface area contributed by atoms with Gasteiger partial charge in [-0.2, -0.15) is 4.31 Å². The fourth-order valence-corrected chi connectivity index (χ4v) is 6.39. The van der Waals surface area contributed by atoms with Gasteiger partial charge in [0.15, 0.2) is 0 Å². The number of nitrogens with zero attached hydrogens (tertiary/aromatic N) is 3. The molecule has 0 atom stereocenters. The van der Waals surface area contributed by atoms with Gasteiger partial charge in [0.05, 0.1) is 14.9 Å². The second-order valence-electron chi connectivity index (χ2n) is 8.91. The van der Waals surface area contributed by atoms with Crippen LogP contribution in [0.3, 0.4) is 0 Å². The number of aryl methyl sites for hydroxylation is 2. The largest absolute Gasteiger partial charge is 0.243 e. The number of hydrogen-bond donors (Lipinski definition) is 0. The molecule has 0 spiro atoms. The summed E-state index contributed by atoms with van der Waals surface area (Å²) in [5, 5.41) is 4.85. The standard InChI is InChI=1S/C19H18Cl2N2O2S.C10H7Cl2N/c1-3-23(12-14-7-5-4-6-13(14)2)26(24,25)15-8-9-16-17(10-15)19(21)22-11-18(16)20;1-6-2-3-7-8(4-6)10(12)13-5-9(7)11/h4-11H,3,12H2,1-2H3;2-5H,1H3. The van der Waals surface area contributed by atoms with Crippen molar-refractivity contribution in [2.75, 3.05) is 6.54 Å². The van der Waals surface area contributed by atoms with Crippen molar-refractivity contribution in [2.45, 2.75) is 32.2 Å². The molecule has 0 N–H and O–H groups in total. The Morgan fingerprint density at radius 2 is 1.31 bits per heavy atom. The number of fused-ring (bicyclic) bond motifs is 2. The van der Waals surface area contributed by atoms with Crippen molar-refractivity contribution in [3.05, 3.63) is 110 Å². The Labute approximate surface area is 248 Å². The van der Waals surface area contributed by atoms with Crippen molar-refractivity contribution < 1.29 is 8.42 Å². The lowest BCUT2D eigenvalue weighted by Crippen LogP contribution is -2.30. The number of sulfonamides is 1. The Morgan fingerprint density at radius 3 is 1.90 bits per heavy atom. The van der Waals surface area contributed by atoms with Gasteiger partial charge in [-0.1, -0.05) is 101 Å². The molecule has 5 aromatic rings. The molecular formula is C29H25Cl4N3O2S. The Bertz CT molecular complexity index is 1780. The van der Waals surface area contributed by atoms with E-state index in [0.717, 1.165) is 27.5 Å². The molecule has 0 saturated carbocycles. The fourth-order valence-electron chi connectivity index (χ4n) is 4.10. The maximum absolute atomic E-state index is 13.1. The summed E-state index contributed by atoms with van der Waals surface area (Å²) in [7, 11) is -3.68. The van der Waals surface area contributed by atoms with Crippen LogP contribution in [0.4, 0.5) is 0 Å². The van der Waals surface area contributed by atoms with Gasteiger partial charge in [0.1, 0.15) is 10.3 Å². The van der Waals surface area contributed by atoms with Crippen LogP contribution in [0.1, 0.15) is 23.6 Å². The summed E-state index contributed by atoms with van der Waals surface area (Å²) in [6, 6.07) is 18.5. The average molecular weight is 621 g/mol. The highest BCUT2D eigenvalue weighted by Gasteiger charge is 2.24. The highest BCUT2D eigenvalue weighted by atomic mass is 35.5. The highest BCUT2D eigenvalue weighted by Crippen LogP contribution is 2.31. The predicted molar refractivity (Wildman–Crippen MR) is 163 cm³/mol. The Kier molecular flexibility index (Phi) is 9.37. The zero-order valence-electron chi connectivity index (χ0n) is 21.4. The van der Waals surface area contributed by atoms with Crippen molar-refractivity contribution in [3.8, 4) is 0 Å². The molecule has 3 aromatic carbocycles. The second-order valence-corrected chi connectivity index (χ2v) is 12.4. The summed E-state index contributed by atoms with van der Waals surface area (Å²) in [5.41, 5.74) is 3.18. The lowest BCUT2D eigenvalue weighted by Gasteiger charge is -2.22. The zero-order chi connectivity index (χ0) is 28.3. The molecule has 0 aliphatic carbocycles. The summed E-state index contributed by atoms with van der Waals surface area (Å²) in [6.45, 7) is 6.47. The van der Waals surface area contributed by atoms with E-state index in [1.54, 1.807) is 18.3 Å². The zero-order valence-corrected chi connectivity index (χ0v) is 25.3. The number of pyridine rings is 2. The Balaban J connectivity index is 0.000000226. The molecule has 2 heterocycles. The summed E-state index contributed by atoms with van der Waals surface area (Å²) in [4.78, 5) is 8.15. The molecule has 0 aliphatic rings. The van der Waals surface area contributed by atoms with Gasteiger partial charge < -0.3 is 0 Å². The summed E-state index contributed by atoms with van der Waals surface area (Å²) in [5.74, 6) is 0. The van der Waals surface area contributed by atoms with Crippen LogP contribution in [0.15, 0.2) is 78.0 Å². The molecule has 39 heavy (non-hydrogen) atoms. The normalized spacial score (nSPS) is 11.6. The van der Waals surface area contributed by atoms with Gasteiger partial charge in [-0.15, -0.1) is 0 Å². The third-order valence-electron chi connectivity index (χ3n) is 6.31. The minimum absolute atomic E-state index is 0.173. The van der Waals surface area contributed by atoms with Gasteiger partial charge in [0, 0.05) is 47.0 Å². The number of hydrogen-bond acceptors (Lipinski definition) is 4. The number of aromatic nitrogens is 2. The first-order chi connectivity index (χ1) is 18.5. The van der Waals surface area contributed by atoms with Crippen LogP contribution in [-0.2, 0) is 16.6 Å². The highest BCUT2D eigenvalue weighted by molar-refractivity contribution is 7.89. The van der Waals surface area contributed by atoms with E-state index < -0.39 is 10.0 Å². The van der Waals surface area contributed by atoms with Gasteiger partial charge in [0.25, 0.3) is 0 Å². The first-order valence-electron chi connectivity index (χ1n) is 12.0. The predicted octanol–water partition coefficient (Wildman–Crippen LogP) is 8.91. The number of benzene rings is 3. The van der Waals surface area contributed by atoms with Crippen LogP contribution >= 0.6 is 46.4 Å². The number of rotatable bonds is 5. The van der Waals surface area contributed by atoms with Gasteiger partial charge in [-0.25, -0.2) is 18.4 Å². The third-order valence-corrected chi connectivity index (χ3v) is 9.43. The van der Waals surface area contributed by atoms with Crippen LogP contribution in [0.2, 0.25) is 20.4 Å². The van der Waals surface area contributed by atoms with Crippen LogP contribution in [-0.4, -0.2) is 29.2 Å². The maximum Gasteiger partial charge on any atom is 0.243 e. The van der Waals surface area contributed by atoms with E-state index in [-0.39, 0.29) is 10.0 Å². The van der Waals surface area contributed by atoms with Crippen molar-refractivity contribution in [3.63, 3.8) is 0 Å². The van der Waals surface area contributed by atoms with Crippen molar-refractivity contribution >= 4 is 78.0 Å².